The second-order valence-corrected chi connectivity index (χ2v) is 5.28. The summed E-state index contributed by atoms with van der Waals surface area (Å²) in [7, 11) is 1.63. The topological polar surface area (TPSA) is 51.0 Å². The molecule has 0 amide bonds. The maximum absolute atomic E-state index is 8.98. The Labute approximate surface area is 127 Å². The van der Waals surface area contributed by atoms with E-state index in [2.05, 4.69) is 19.0 Å². The normalized spacial score (nSPS) is 13.0. The fourth-order valence-electron chi connectivity index (χ4n) is 2.21. The summed E-state index contributed by atoms with van der Waals surface area (Å²) in [6.07, 6.45) is 4.72. The zero-order chi connectivity index (χ0) is 15.7. The Hall–Kier alpha value is -1.71. The standard InChI is InChI=1S/C17H27NO3/c1-5-7-8-14(6-2)12-21-17-11-15(20-4)9-10-16(17)13(3)18-19/h9-11,14,19H,5-8,12H2,1-4H3/b18-13+. The monoisotopic (exact) mass is 293 g/mol. The van der Waals surface area contributed by atoms with Gasteiger partial charge in [-0.2, -0.15) is 0 Å². The highest BCUT2D eigenvalue weighted by Gasteiger charge is 2.12. The van der Waals surface area contributed by atoms with E-state index in [-0.39, 0.29) is 0 Å². The molecule has 1 unspecified atom stereocenters. The van der Waals surface area contributed by atoms with Crippen LogP contribution in [-0.2, 0) is 0 Å². The number of ether oxygens (including phenoxy) is 2. The molecule has 0 aliphatic heterocycles. The lowest BCUT2D eigenvalue weighted by Crippen LogP contribution is -2.13. The lowest BCUT2D eigenvalue weighted by atomic mass is 10.0. The molecule has 0 aliphatic carbocycles. The van der Waals surface area contributed by atoms with E-state index in [1.165, 1.54) is 19.3 Å². The van der Waals surface area contributed by atoms with Crippen LogP contribution in [0.1, 0.15) is 52.0 Å². The van der Waals surface area contributed by atoms with Gasteiger partial charge >= 0.3 is 0 Å². The van der Waals surface area contributed by atoms with Crippen molar-refractivity contribution in [1.82, 2.24) is 0 Å². The minimum Gasteiger partial charge on any atom is -0.497 e. The Morgan fingerprint density at radius 3 is 2.67 bits per heavy atom. The van der Waals surface area contributed by atoms with Gasteiger partial charge in [-0.3, -0.25) is 0 Å². The minimum absolute atomic E-state index is 0.536. The molecule has 0 spiro atoms. The lowest BCUT2D eigenvalue weighted by Gasteiger charge is -2.18. The van der Waals surface area contributed by atoms with Crippen LogP contribution in [0.2, 0.25) is 0 Å². The third kappa shape index (κ3) is 5.29. The van der Waals surface area contributed by atoms with Crippen molar-refractivity contribution < 1.29 is 14.7 Å². The Bertz CT molecular complexity index is 457. The zero-order valence-corrected chi connectivity index (χ0v) is 13.6. The van der Waals surface area contributed by atoms with Crippen LogP contribution in [0, 0.1) is 5.92 Å². The predicted molar refractivity (Wildman–Crippen MR) is 85.8 cm³/mol. The number of benzene rings is 1. The maximum Gasteiger partial charge on any atom is 0.132 e. The first-order chi connectivity index (χ1) is 10.2. The van der Waals surface area contributed by atoms with E-state index >= 15 is 0 Å². The fourth-order valence-corrected chi connectivity index (χ4v) is 2.21. The van der Waals surface area contributed by atoms with Gasteiger partial charge in [0.1, 0.15) is 11.5 Å². The van der Waals surface area contributed by atoms with Crippen molar-refractivity contribution in [2.24, 2.45) is 11.1 Å². The molecular formula is C17H27NO3. The molecule has 118 valence electrons. The second-order valence-electron chi connectivity index (χ2n) is 5.28. The Kier molecular flexibility index (Phi) is 7.65. The predicted octanol–water partition coefficient (Wildman–Crippen LogP) is 4.49. The van der Waals surface area contributed by atoms with Gasteiger partial charge in [0.05, 0.1) is 19.4 Å². The van der Waals surface area contributed by atoms with Gasteiger partial charge < -0.3 is 14.7 Å². The highest BCUT2D eigenvalue weighted by atomic mass is 16.5. The van der Waals surface area contributed by atoms with Gasteiger partial charge in [-0.05, 0) is 31.4 Å². The van der Waals surface area contributed by atoms with Gasteiger partial charge in [-0.25, -0.2) is 0 Å². The molecular weight excluding hydrogens is 266 g/mol. The molecule has 1 aromatic carbocycles. The molecule has 0 aromatic heterocycles. The summed E-state index contributed by atoms with van der Waals surface area (Å²) in [5.41, 5.74) is 1.33. The number of unbranched alkanes of at least 4 members (excludes halogenated alkanes) is 1. The number of rotatable bonds is 9. The van der Waals surface area contributed by atoms with Gasteiger partial charge in [0.15, 0.2) is 0 Å². The number of oxime groups is 1. The van der Waals surface area contributed by atoms with Crippen LogP contribution in [0.5, 0.6) is 11.5 Å². The Balaban J connectivity index is 2.84. The van der Waals surface area contributed by atoms with Gasteiger partial charge in [-0.15, -0.1) is 0 Å². The van der Waals surface area contributed by atoms with Crippen molar-refractivity contribution in [3.8, 4) is 11.5 Å². The second kappa shape index (κ2) is 9.27. The summed E-state index contributed by atoms with van der Waals surface area (Å²) >= 11 is 0. The fraction of sp³-hybridized carbons (Fsp3) is 0.588. The molecule has 1 atom stereocenters. The molecule has 1 rings (SSSR count). The van der Waals surface area contributed by atoms with Crippen molar-refractivity contribution in [2.45, 2.75) is 46.5 Å². The maximum atomic E-state index is 8.98. The van der Waals surface area contributed by atoms with E-state index in [0.29, 0.717) is 24.0 Å². The van der Waals surface area contributed by atoms with Crippen LogP contribution < -0.4 is 9.47 Å². The smallest absolute Gasteiger partial charge is 0.132 e. The molecule has 1 N–H and O–H groups in total. The SMILES string of the molecule is CCCCC(CC)COc1cc(OC)ccc1/C(C)=N/O. The summed E-state index contributed by atoms with van der Waals surface area (Å²) < 4.78 is 11.2. The van der Waals surface area contributed by atoms with Crippen LogP contribution in [0.3, 0.4) is 0 Å². The number of methoxy groups -OCH3 is 1. The first-order valence-electron chi connectivity index (χ1n) is 7.66. The van der Waals surface area contributed by atoms with Crippen LogP contribution in [0.4, 0.5) is 0 Å². The van der Waals surface area contributed by atoms with Crippen molar-refractivity contribution in [2.75, 3.05) is 13.7 Å². The third-order valence-electron chi connectivity index (χ3n) is 3.75. The van der Waals surface area contributed by atoms with Gasteiger partial charge in [0.2, 0.25) is 0 Å². The zero-order valence-electron chi connectivity index (χ0n) is 13.6. The molecule has 0 saturated heterocycles. The highest BCUT2D eigenvalue weighted by molar-refractivity contribution is 6.00. The van der Waals surface area contributed by atoms with Crippen LogP contribution in [0.15, 0.2) is 23.4 Å². The molecule has 0 bridgehead atoms. The molecule has 0 aliphatic rings. The Morgan fingerprint density at radius 1 is 1.33 bits per heavy atom. The van der Waals surface area contributed by atoms with Crippen molar-refractivity contribution in [3.05, 3.63) is 23.8 Å². The summed E-state index contributed by atoms with van der Waals surface area (Å²) in [5.74, 6) is 2.00. The van der Waals surface area contributed by atoms with E-state index in [9.17, 15) is 0 Å². The largest absolute Gasteiger partial charge is 0.497 e. The van der Waals surface area contributed by atoms with Crippen molar-refractivity contribution in [3.63, 3.8) is 0 Å². The number of hydrogen-bond acceptors (Lipinski definition) is 4. The first-order valence-corrected chi connectivity index (χ1v) is 7.66. The van der Waals surface area contributed by atoms with E-state index in [1.54, 1.807) is 14.0 Å². The molecule has 1 aromatic rings. The summed E-state index contributed by atoms with van der Waals surface area (Å²) in [6.45, 7) is 6.82. The molecule has 0 fully saturated rings. The van der Waals surface area contributed by atoms with Gasteiger partial charge in [0, 0.05) is 11.6 Å². The summed E-state index contributed by atoms with van der Waals surface area (Å²) in [4.78, 5) is 0. The van der Waals surface area contributed by atoms with Crippen LogP contribution in [0.25, 0.3) is 0 Å². The van der Waals surface area contributed by atoms with E-state index < -0.39 is 0 Å². The first kappa shape index (κ1) is 17.3. The Morgan fingerprint density at radius 2 is 2.10 bits per heavy atom. The van der Waals surface area contributed by atoms with Crippen molar-refractivity contribution >= 4 is 5.71 Å². The summed E-state index contributed by atoms with van der Waals surface area (Å²) in [6, 6.07) is 5.54. The molecule has 21 heavy (non-hydrogen) atoms. The molecule has 0 radical (unpaired) electrons. The van der Waals surface area contributed by atoms with Crippen LogP contribution in [-0.4, -0.2) is 24.6 Å². The third-order valence-corrected chi connectivity index (χ3v) is 3.75. The van der Waals surface area contributed by atoms with E-state index in [4.69, 9.17) is 14.7 Å². The van der Waals surface area contributed by atoms with Crippen LogP contribution >= 0.6 is 0 Å². The average Bonchev–Trinajstić information content (AvgIpc) is 2.54. The van der Waals surface area contributed by atoms with Gasteiger partial charge in [0.25, 0.3) is 0 Å². The van der Waals surface area contributed by atoms with E-state index in [0.717, 1.165) is 17.7 Å². The molecule has 4 nitrogen and oxygen atoms in total. The van der Waals surface area contributed by atoms with E-state index in [1.807, 2.05) is 18.2 Å². The average molecular weight is 293 g/mol. The quantitative estimate of drug-likeness (QED) is 0.414. The molecule has 0 saturated carbocycles. The highest BCUT2D eigenvalue weighted by Crippen LogP contribution is 2.27. The molecule has 0 heterocycles. The minimum atomic E-state index is 0.536. The summed E-state index contributed by atoms with van der Waals surface area (Å²) in [5, 5.41) is 12.2. The number of nitrogens with zero attached hydrogens (tertiary/aromatic N) is 1. The molecule has 4 heteroatoms. The van der Waals surface area contributed by atoms with Crippen molar-refractivity contribution in [1.29, 1.82) is 0 Å². The number of hydrogen-bond donors (Lipinski definition) is 1. The van der Waals surface area contributed by atoms with Gasteiger partial charge in [-0.1, -0.05) is 38.3 Å². The lowest BCUT2D eigenvalue weighted by molar-refractivity contribution is 0.232.